The van der Waals surface area contributed by atoms with E-state index in [1.54, 1.807) is 24.3 Å². The molecular formula is C20H25N3O3S. The van der Waals surface area contributed by atoms with Crippen molar-refractivity contribution in [1.29, 1.82) is 0 Å². The molecule has 0 atom stereocenters. The predicted octanol–water partition coefficient (Wildman–Crippen LogP) is 3.08. The molecule has 2 N–H and O–H groups in total. The fourth-order valence-corrected chi connectivity index (χ4v) is 4.66. The number of carbonyl (C=O) groups is 1. The summed E-state index contributed by atoms with van der Waals surface area (Å²) in [4.78, 5) is 12.4. The van der Waals surface area contributed by atoms with Crippen molar-refractivity contribution in [3.63, 3.8) is 0 Å². The van der Waals surface area contributed by atoms with E-state index in [9.17, 15) is 13.2 Å². The molecule has 0 saturated carbocycles. The number of carbonyl (C=O) groups excluding carboxylic acids is 1. The highest BCUT2D eigenvalue weighted by Gasteiger charge is 2.27. The fourth-order valence-electron chi connectivity index (χ4n) is 3.10. The van der Waals surface area contributed by atoms with Crippen molar-refractivity contribution >= 4 is 27.3 Å². The van der Waals surface area contributed by atoms with Crippen LogP contribution in [0.1, 0.15) is 25.3 Å². The summed E-state index contributed by atoms with van der Waals surface area (Å²) in [5.41, 5.74) is 2.51. The van der Waals surface area contributed by atoms with Crippen LogP contribution in [-0.2, 0) is 21.2 Å². The van der Waals surface area contributed by atoms with Gasteiger partial charge in [-0.2, -0.15) is 4.31 Å². The highest BCUT2D eigenvalue weighted by atomic mass is 32.2. The van der Waals surface area contributed by atoms with Gasteiger partial charge < -0.3 is 10.6 Å². The first-order valence-electron chi connectivity index (χ1n) is 9.22. The molecule has 1 aliphatic heterocycles. The Morgan fingerprint density at radius 3 is 2.48 bits per heavy atom. The van der Waals surface area contributed by atoms with Gasteiger partial charge in [-0.15, -0.1) is 0 Å². The number of nitrogens with one attached hydrogen (secondary N) is 2. The van der Waals surface area contributed by atoms with Gasteiger partial charge in [0, 0.05) is 24.5 Å². The summed E-state index contributed by atoms with van der Waals surface area (Å²) in [5, 5.41) is 5.85. The standard InChI is InChI=1S/C20H25N3O3S/c1-2-16-7-5-9-18(13-16)22-20(24)15-21-17-8-6-10-19(14-17)27(25,26)23-11-3-4-12-23/h5-10,13-14,21H,2-4,11-12,15H2,1H3,(H,22,24). The van der Waals surface area contributed by atoms with E-state index in [1.165, 1.54) is 4.31 Å². The summed E-state index contributed by atoms with van der Waals surface area (Å²) in [6.07, 6.45) is 2.70. The third kappa shape index (κ3) is 4.87. The van der Waals surface area contributed by atoms with Gasteiger partial charge >= 0.3 is 0 Å². The zero-order valence-corrected chi connectivity index (χ0v) is 16.3. The van der Waals surface area contributed by atoms with Crippen LogP contribution >= 0.6 is 0 Å². The topological polar surface area (TPSA) is 78.5 Å². The lowest BCUT2D eigenvalue weighted by molar-refractivity contribution is -0.114. The molecule has 7 heteroatoms. The molecule has 27 heavy (non-hydrogen) atoms. The first-order chi connectivity index (χ1) is 13.0. The number of amides is 1. The smallest absolute Gasteiger partial charge is 0.243 e. The molecule has 1 amide bonds. The Bertz CT molecular complexity index is 906. The molecule has 0 bridgehead atoms. The Morgan fingerprint density at radius 1 is 1.04 bits per heavy atom. The molecule has 0 aliphatic carbocycles. The van der Waals surface area contributed by atoms with Gasteiger partial charge in [-0.1, -0.05) is 25.1 Å². The van der Waals surface area contributed by atoms with Crippen LogP contribution in [0.15, 0.2) is 53.4 Å². The Kier molecular flexibility index (Phi) is 6.13. The van der Waals surface area contributed by atoms with Crippen LogP contribution in [-0.4, -0.2) is 38.3 Å². The van der Waals surface area contributed by atoms with Gasteiger partial charge in [0.2, 0.25) is 15.9 Å². The number of nitrogens with zero attached hydrogens (tertiary/aromatic N) is 1. The molecule has 0 aromatic heterocycles. The predicted molar refractivity (Wildman–Crippen MR) is 107 cm³/mol. The summed E-state index contributed by atoms with van der Waals surface area (Å²) in [6, 6.07) is 14.3. The molecule has 1 saturated heterocycles. The van der Waals surface area contributed by atoms with E-state index < -0.39 is 10.0 Å². The SMILES string of the molecule is CCc1cccc(NC(=O)CNc2cccc(S(=O)(=O)N3CCCC3)c2)c1. The van der Waals surface area contributed by atoms with E-state index in [4.69, 9.17) is 0 Å². The van der Waals surface area contributed by atoms with Gasteiger partial charge in [-0.25, -0.2) is 8.42 Å². The molecule has 3 rings (SSSR count). The quantitative estimate of drug-likeness (QED) is 0.765. The highest BCUT2D eigenvalue weighted by molar-refractivity contribution is 7.89. The van der Waals surface area contributed by atoms with Crippen LogP contribution < -0.4 is 10.6 Å². The van der Waals surface area contributed by atoms with Gasteiger partial charge in [0.25, 0.3) is 0 Å². The summed E-state index contributed by atoms with van der Waals surface area (Å²) >= 11 is 0. The molecule has 1 fully saturated rings. The fraction of sp³-hybridized carbons (Fsp3) is 0.350. The molecular weight excluding hydrogens is 362 g/mol. The molecule has 1 aliphatic rings. The lowest BCUT2D eigenvalue weighted by Crippen LogP contribution is -2.28. The van der Waals surface area contributed by atoms with Crippen molar-refractivity contribution in [3.8, 4) is 0 Å². The lowest BCUT2D eigenvalue weighted by atomic mass is 10.1. The van der Waals surface area contributed by atoms with Crippen LogP contribution in [0, 0.1) is 0 Å². The van der Waals surface area contributed by atoms with Crippen molar-refractivity contribution in [2.75, 3.05) is 30.3 Å². The number of rotatable bonds is 7. The molecule has 144 valence electrons. The van der Waals surface area contributed by atoms with E-state index in [-0.39, 0.29) is 17.3 Å². The summed E-state index contributed by atoms with van der Waals surface area (Å²) in [5.74, 6) is -0.184. The van der Waals surface area contributed by atoms with Gasteiger partial charge in [0.15, 0.2) is 0 Å². The summed E-state index contributed by atoms with van der Waals surface area (Å²) < 4.78 is 26.8. The average Bonchev–Trinajstić information content (AvgIpc) is 3.22. The Labute approximate surface area is 160 Å². The van der Waals surface area contributed by atoms with Crippen LogP contribution in [0.5, 0.6) is 0 Å². The Morgan fingerprint density at radius 2 is 1.74 bits per heavy atom. The number of hydrogen-bond donors (Lipinski definition) is 2. The maximum atomic E-state index is 12.6. The van der Waals surface area contributed by atoms with Crippen LogP contribution in [0.4, 0.5) is 11.4 Å². The van der Waals surface area contributed by atoms with Crippen molar-refractivity contribution in [2.24, 2.45) is 0 Å². The van der Waals surface area contributed by atoms with Crippen molar-refractivity contribution in [1.82, 2.24) is 4.31 Å². The average molecular weight is 388 g/mol. The molecule has 6 nitrogen and oxygen atoms in total. The lowest BCUT2D eigenvalue weighted by Gasteiger charge is -2.16. The number of benzene rings is 2. The van der Waals surface area contributed by atoms with E-state index in [0.717, 1.165) is 30.5 Å². The van der Waals surface area contributed by atoms with Gasteiger partial charge in [-0.05, 0) is 55.2 Å². The van der Waals surface area contributed by atoms with Crippen LogP contribution in [0.25, 0.3) is 0 Å². The Balaban J connectivity index is 1.62. The molecule has 1 heterocycles. The number of sulfonamides is 1. The number of aryl methyl sites for hydroxylation is 1. The van der Waals surface area contributed by atoms with Gasteiger partial charge in [-0.3, -0.25) is 4.79 Å². The zero-order chi connectivity index (χ0) is 19.3. The first-order valence-corrected chi connectivity index (χ1v) is 10.7. The normalized spacial score (nSPS) is 14.9. The molecule has 0 spiro atoms. The monoisotopic (exact) mass is 387 g/mol. The molecule has 0 radical (unpaired) electrons. The van der Waals surface area contributed by atoms with Crippen molar-refractivity contribution in [2.45, 2.75) is 31.1 Å². The second-order valence-electron chi connectivity index (χ2n) is 6.59. The molecule has 0 unspecified atom stereocenters. The minimum atomic E-state index is -3.46. The van der Waals surface area contributed by atoms with E-state index in [2.05, 4.69) is 17.6 Å². The third-order valence-corrected chi connectivity index (χ3v) is 6.50. The summed E-state index contributed by atoms with van der Waals surface area (Å²) in [6.45, 7) is 3.26. The summed E-state index contributed by atoms with van der Waals surface area (Å²) in [7, 11) is -3.46. The second kappa shape index (κ2) is 8.54. The largest absolute Gasteiger partial charge is 0.376 e. The molecule has 2 aromatic carbocycles. The maximum absolute atomic E-state index is 12.6. The maximum Gasteiger partial charge on any atom is 0.243 e. The van der Waals surface area contributed by atoms with Gasteiger partial charge in [0.1, 0.15) is 0 Å². The van der Waals surface area contributed by atoms with E-state index in [0.29, 0.717) is 18.8 Å². The number of hydrogen-bond acceptors (Lipinski definition) is 4. The number of anilines is 2. The van der Waals surface area contributed by atoms with Crippen molar-refractivity contribution < 1.29 is 13.2 Å². The van der Waals surface area contributed by atoms with Crippen LogP contribution in [0.3, 0.4) is 0 Å². The first kappa shape index (κ1) is 19.4. The van der Waals surface area contributed by atoms with E-state index >= 15 is 0 Å². The van der Waals surface area contributed by atoms with Gasteiger partial charge in [0.05, 0.1) is 11.4 Å². The van der Waals surface area contributed by atoms with Crippen molar-refractivity contribution in [3.05, 3.63) is 54.1 Å². The third-order valence-electron chi connectivity index (χ3n) is 4.61. The Hall–Kier alpha value is -2.38. The zero-order valence-electron chi connectivity index (χ0n) is 15.4. The highest BCUT2D eigenvalue weighted by Crippen LogP contribution is 2.23. The molecule has 2 aromatic rings. The van der Waals surface area contributed by atoms with E-state index in [1.807, 2.05) is 24.3 Å². The minimum absolute atomic E-state index is 0.0591. The second-order valence-corrected chi connectivity index (χ2v) is 8.53. The van der Waals surface area contributed by atoms with Crippen LogP contribution in [0.2, 0.25) is 0 Å². The minimum Gasteiger partial charge on any atom is -0.376 e.